The summed E-state index contributed by atoms with van der Waals surface area (Å²) in [6.07, 6.45) is 2.19. The fourth-order valence-corrected chi connectivity index (χ4v) is 4.13. The molecular formula is C20H24N2O3. The molecule has 0 unspecified atom stereocenters. The zero-order valence-electron chi connectivity index (χ0n) is 14.5. The smallest absolute Gasteiger partial charge is 0.254 e. The molecule has 5 heteroatoms. The summed E-state index contributed by atoms with van der Waals surface area (Å²) in [6, 6.07) is 9.74. The second-order valence-electron chi connectivity index (χ2n) is 7.16. The van der Waals surface area contributed by atoms with Crippen LogP contribution in [0.4, 0.5) is 0 Å². The Kier molecular flexibility index (Phi) is 4.44. The molecular weight excluding hydrogens is 316 g/mol. The minimum Gasteiger partial charge on any atom is -0.393 e. The average Bonchev–Trinajstić information content (AvgIpc) is 3.10. The van der Waals surface area contributed by atoms with Crippen molar-refractivity contribution in [1.29, 1.82) is 0 Å². The lowest BCUT2D eigenvalue weighted by atomic mass is 9.89. The Balaban J connectivity index is 1.59. The van der Waals surface area contributed by atoms with Gasteiger partial charge in [0.05, 0.1) is 18.2 Å². The van der Waals surface area contributed by atoms with Gasteiger partial charge in [-0.25, -0.2) is 0 Å². The highest BCUT2D eigenvalue weighted by Crippen LogP contribution is 2.31. The number of carbonyl (C=O) groups excluding carboxylic acids is 1. The van der Waals surface area contributed by atoms with E-state index in [0.29, 0.717) is 25.2 Å². The van der Waals surface area contributed by atoms with Crippen LogP contribution in [0.3, 0.4) is 0 Å². The molecule has 132 valence electrons. The van der Waals surface area contributed by atoms with E-state index in [0.717, 1.165) is 36.0 Å². The molecule has 5 nitrogen and oxygen atoms in total. The number of fused-ring (bicyclic) bond motifs is 1. The molecule has 0 bridgehead atoms. The lowest BCUT2D eigenvalue weighted by Gasteiger charge is -2.37. The molecule has 2 saturated heterocycles. The lowest BCUT2D eigenvalue weighted by Crippen LogP contribution is -2.48. The summed E-state index contributed by atoms with van der Waals surface area (Å²) < 4.78 is 5.56. The highest BCUT2D eigenvalue weighted by Gasteiger charge is 2.39. The predicted octanol–water partition coefficient (Wildman–Crippen LogP) is 2.55. The number of hydrogen-bond donors (Lipinski definition) is 1. The number of benzene rings is 1. The van der Waals surface area contributed by atoms with Gasteiger partial charge >= 0.3 is 0 Å². The molecule has 3 atom stereocenters. The maximum Gasteiger partial charge on any atom is 0.254 e. The summed E-state index contributed by atoms with van der Waals surface area (Å²) >= 11 is 0. The van der Waals surface area contributed by atoms with E-state index < -0.39 is 0 Å². The first-order valence-corrected chi connectivity index (χ1v) is 9.08. The van der Waals surface area contributed by atoms with Crippen LogP contribution in [-0.2, 0) is 4.74 Å². The normalized spacial score (nSPS) is 27.0. The van der Waals surface area contributed by atoms with E-state index in [4.69, 9.17) is 4.74 Å². The van der Waals surface area contributed by atoms with Crippen LogP contribution in [0.25, 0.3) is 10.9 Å². The third kappa shape index (κ3) is 3.14. The molecule has 2 aliphatic heterocycles. The van der Waals surface area contributed by atoms with Crippen molar-refractivity contribution in [3.05, 3.63) is 41.6 Å². The van der Waals surface area contributed by atoms with Gasteiger partial charge in [-0.1, -0.05) is 6.07 Å². The van der Waals surface area contributed by atoms with E-state index in [-0.39, 0.29) is 24.0 Å². The highest BCUT2D eigenvalue weighted by atomic mass is 16.5. The summed E-state index contributed by atoms with van der Waals surface area (Å²) in [5, 5.41) is 11.3. The van der Waals surface area contributed by atoms with Crippen LogP contribution in [0, 0.1) is 12.8 Å². The van der Waals surface area contributed by atoms with E-state index >= 15 is 0 Å². The first-order chi connectivity index (χ1) is 12.1. The molecule has 2 aromatic rings. The van der Waals surface area contributed by atoms with Gasteiger partial charge in [0.15, 0.2) is 0 Å². The van der Waals surface area contributed by atoms with Gasteiger partial charge in [0.1, 0.15) is 0 Å². The maximum absolute atomic E-state index is 13.1. The molecule has 4 rings (SSSR count). The largest absolute Gasteiger partial charge is 0.393 e. The van der Waals surface area contributed by atoms with Crippen LogP contribution in [0.2, 0.25) is 0 Å². The second kappa shape index (κ2) is 6.73. The fourth-order valence-electron chi connectivity index (χ4n) is 4.13. The number of pyridine rings is 1. The highest BCUT2D eigenvalue weighted by molar-refractivity contribution is 5.98. The number of aliphatic hydroxyl groups excluding tert-OH is 1. The molecule has 2 fully saturated rings. The van der Waals surface area contributed by atoms with Gasteiger partial charge in [-0.05, 0) is 50.5 Å². The van der Waals surface area contributed by atoms with E-state index in [2.05, 4.69) is 4.98 Å². The Morgan fingerprint density at radius 1 is 1.28 bits per heavy atom. The third-order valence-electron chi connectivity index (χ3n) is 5.49. The minimum absolute atomic E-state index is 0.0185. The average molecular weight is 340 g/mol. The van der Waals surface area contributed by atoms with Gasteiger partial charge in [-0.3, -0.25) is 9.78 Å². The topological polar surface area (TPSA) is 62.7 Å². The Hall–Kier alpha value is -1.98. The molecule has 1 aromatic heterocycles. The van der Waals surface area contributed by atoms with Gasteiger partial charge in [-0.15, -0.1) is 0 Å². The van der Waals surface area contributed by atoms with Crippen molar-refractivity contribution in [3.8, 4) is 0 Å². The summed E-state index contributed by atoms with van der Waals surface area (Å²) in [5.74, 6) is 0.0627. The van der Waals surface area contributed by atoms with Crippen molar-refractivity contribution >= 4 is 16.8 Å². The minimum atomic E-state index is -0.379. The van der Waals surface area contributed by atoms with Gasteiger partial charge in [0, 0.05) is 41.8 Å². The number of aryl methyl sites for hydroxylation is 1. The van der Waals surface area contributed by atoms with E-state index in [9.17, 15) is 9.90 Å². The number of likely N-dealkylation sites (tertiary alicyclic amines) is 1. The molecule has 1 aromatic carbocycles. The zero-order valence-corrected chi connectivity index (χ0v) is 14.5. The fraction of sp³-hybridized carbons (Fsp3) is 0.500. The van der Waals surface area contributed by atoms with Gasteiger partial charge < -0.3 is 14.7 Å². The van der Waals surface area contributed by atoms with Crippen molar-refractivity contribution in [2.45, 2.75) is 38.3 Å². The van der Waals surface area contributed by atoms with Gasteiger partial charge in [0.25, 0.3) is 5.91 Å². The van der Waals surface area contributed by atoms with Crippen LogP contribution < -0.4 is 0 Å². The van der Waals surface area contributed by atoms with Crippen LogP contribution >= 0.6 is 0 Å². The maximum atomic E-state index is 13.1. The number of rotatable bonds is 2. The summed E-state index contributed by atoms with van der Waals surface area (Å²) in [7, 11) is 0. The first-order valence-electron chi connectivity index (χ1n) is 9.08. The van der Waals surface area contributed by atoms with E-state index in [1.807, 2.05) is 42.2 Å². The number of nitrogens with zero attached hydrogens (tertiary/aromatic N) is 2. The number of aliphatic hydroxyl groups is 1. The lowest BCUT2D eigenvalue weighted by molar-refractivity contribution is -0.0589. The van der Waals surface area contributed by atoms with Crippen LogP contribution in [0.15, 0.2) is 30.3 Å². The zero-order chi connectivity index (χ0) is 17.4. The Morgan fingerprint density at radius 2 is 2.16 bits per heavy atom. The Bertz CT molecular complexity index is 792. The van der Waals surface area contributed by atoms with Crippen LogP contribution in [0.1, 0.15) is 35.3 Å². The predicted molar refractivity (Wildman–Crippen MR) is 95.5 cm³/mol. The molecule has 0 saturated carbocycles. The van der Waals surface area contributed by atoms with Crippen molar-refractivity contribution in [2.24, 2.45) is 5.92 Å². The summed E-state index contributed by atoms with van der Waals surface area (Å²) in [6.45, 7) is 3.85. The molecule has 0 radical (unpaired) electrons. The van der Waals surface area contributed by atoms with E-state index in [1.54, 1.807) is 0 Å². The number of hydrogen-bond acceptors (Lipinski definition) is 4. The van der Waals surface area contributed by atoms with Crippen LogP contribution in [-0.4, -0.2) is 52.8 Å². The summed E-state index contributed by atoms with van der Waals surface area (Å²) in [4.78, 5) is 19.5. The SMILES string of the molecule is Cc1ccc2cc(C(=O)N3CCC[C@@H]3[C@H]3COCC[C@H]3O)ccc2n1. The van der Waals surface area contributed by atoms with Crippen molar-refractivity contribution in [3.63, 3.8) is 0 Å². The van der Waals surface area contributed by atoms with Gasteiger partial charge in [0.2, 0.25) is 0 Å². The monoisotopic (exact) mass is 340 g/mol. The van der Waals surface area contributed by atoms with E-state index in [1.165, 1.54) is 0 Å². The number of amides is 1. The third-order valence-corrected chi connectivity index (χ3v) is 5.49. The van der Waals surface area contributed by atoms with Crippen molar-refractivity contribution in [1.82, 2.24) is 9.88 Å². The van der Waals surface area contributed by atoms with Crippen molar-refractivity contribution in [2.75, 3.05) is 19.8 Å². The van der Waals surface area contributed by atoms with Crippen LogP contribution in [0.5, 0.6) is 0 Å². The molecule has 0 spiro atoms. The summed E-state index contributed by atoms with van der Waals surface area (Å²) in [5.41, 5.74) is 2.57. The quantitative estimate of drug-likeness (QED) is 0.913. The molecule has 1 N–H and O–H groups in total. The molecule has 25 heavy (non-hydrogen) atoms. The standard InChI is InChI=1S/C20H24N2O3/c1-13-4-5-14-11-15(6-7-17(14)21-13)20(24)22-9-2-3-18(22)16-12-25-10-8-19(16)23/h4-7,11,16,18-19,23H,2-3,8-10,12H2,1H3/t16-,18-,19-/m1/s1. The first kappa shape index (κ1) is 16.5. The second-order valence-corrected chi connectivity index (χ2v) is 7.16. The number of aromatic nitrogens is 1. The molecule has 3 heterocycles. The van der Waals surface area contributed by atoms with Gasteiger partial charge in [-0.2, -0.15) is 0 Å². The van der Waals surface area contributed by atoms with Crippen molar-refractivity contribution < 1.29 is 14.6 Å². The number of ether oxygens (including phenoxy) is 1. The molecule has 2 aliphatic rings. The Morgan fingerprint density at radius 3 is 3.00 bits per heavy atom. The molecule has 0 aliphatic carbocycles. The number of carbonyl (C=O) groups is 1. The Labute approximate surface area is 147 Å². The molecule has 1 amide bonds.